The molecule has 0 aliphatic rings. The predicted molar refractivity (Wildman–Crippen MR) is 80.4 cm³/mol. The first-order chi connectivity index (χ1) is 9.16. The highest BCUT2D eigenvalue weighted by Crippen LogP contribution is 2.24. The van der Waals surface area contributed by atoms with Crippen LogP contribution in [0.3, 0.4) is 0 Å². The quantitative estimate of drug-likeness (QED) is 0.903. The minimum atomic E-state index is -0.529. The number of amides is 1. The van der Waals surface area contributed by atoms with E-state index in [1.807, 2.05) is 41.8 Å². The molecule has 0 bridgehead atoms. The Balaban J connectivity index is 1.87. The molecule has 19 heavy (non-hydrogen) atoms. The first-order valence-corrected chi connectivity index (χ1v) is 7.55. The second-order valence-corrected chi connectivity index (χ2v) is 5.87. The Bertz CT molecular complexity index is 542. The van der Waals surface area contributed by atoms with E-state index >= 15 is 0 Å². The molecule has 0 radical (unpaired) electrons. The summed E-state index contributed by atoms with van der Waals surface area (Å²) in [6.07, 6.45) is -0.529. The van der Waals surface area contributed by atoms with Gasteiger partial charge in [-0.2, -0.15) is 0 Å². The summed E-state index contributed by atoms with van der Waals surface area (Å²) in [5.41, 5.74) is 0. The van der Waals surface area contributed by atoms with Crippen LogP contribution in [0.25, 0.3) is 0 Å². The average Bonchev–Trinajstić information content (AvgIpc) is 2.91. The molecule has 1 amide bonds. The maximum Gasteiger partial charge on any atom is 0.261 e. The van der Waals surface area contributed by atoms with E-state index in [9.17, 15) is 4.79 Å². The van der Waals surface area contributed by atoms with Crippen molar-refractivity contribution in [1.29, 1.82) is 0 Å². The van der Waals surface area contributed by atoms with Crippen LogP contribution >= 0.6 is 27.3 Å². The van der Waals surface area contributed by atoms with E-state index in [0.717, 1.165) is 9.35 Å². The van der Waals surface area contributed by atoms with Gasteiger partial charge < -0.3 is 10.1 Å². The molecule has 0 saturated carbocycles. The summed E-state index contributed by atoms with van der Waals surface area (Å²) in [5, 5.41) is 4.84. The first kappa shape index (κ1) is 14.1. The summed E-state index contributed by atoms with van der Waals surface area (Å²) in [7, 11) is 0. The van der Waals surface area contributed by atoms with Gasteiger partial charge in [-0.15, -0.1) is 11.3 Å². The highest BCUT2D eigenvalue weighted by molar-refractivity contribution is 9.10. The fourth-order valence-electron chi connectivity index (χ4n) is 1.52. The molecule has 3 nitrogen and oxygen atoms in total. The van der Waals surface area contributed by atoms with E-state index in [2.05, 4.69) is 21.2 Å². The number of benzene rings is 1. The van der Waals surface area contributed by atoms with Crippen LogP contribution in [0.5, 0.6) is 5.75 Å². The highest BCUT2D eigenvalue weighted by Gasteiger charge is 2.15. The van der Waals surface area contributed by atoms with Crippen LogP contribution < -0.4 is 10.1 Å². The number of carbonyl (C=O) groups is 1. The fourth-order valence-corrected chi connectivity index (χ4v) is 2.54. The molecule has 1 aromatic heterocycles. The predicted octanol–water partition coefficient (Wildman–Crippen LogP) is 3.59. The average molecular weight is 340 g/mol. The topological polar surface area (TPSA) is 38.3 Å². The number of hydrogen-bond donors (Lipinski definition) is 1. The largest absolute Gasteiger partial charge is 0.480 e. The van der Waals surface area contributed by atoms with E-state index < -0.39 is 6.10 Å². The molecule has 0 aliphatic carbocycles. The van der Waals surface area contributed by atoms with Crippen molar-refractivity contribution in [2.75, 3.05) is 0 Å². The van der Waals surface area contributed by atoms with Gasteiger partial charge in [0.1, 0.15) is 5.75 Å². The smallest absolute Gasteiger partial charge is 0.261 e. The zero-order chi connectivity index (χ0) is 13.7. The number of hydrogen-bond acceptors (Lipinski definition) is 3. The van der Waals surface area contributed by atoms with Gasteiger partial charge in [0.15, 0.2) is 6.10 Å². The van der Waals surface area contributed by atoms with E-state index in [0.29, 0.717) is 12.3 Å². The molecule has 1 heterocycles. The van der Waals surface area contributed by atoms with Crippen LogP contribution in [0.2, 0.25) is 0 Å². The summed E-state index contributed by atoms with van der Waals surface area (Å²) >= 11 is 5.01. The van der Waals surface area contributed by atoms with Crippen molar-refractivity contribution < 1.29 is 9.53 Å². The van der Waals surface area contributed by atoms with Gasteiger partial charge >= 0.3 is 0 Å². The van der Waals surface area contributed by atoms with E-state index in [-0.39, 0.29) is 5.91 Å². The number of nitrogens with one attached hydrogen (secondary N) is 1. The van der Waals surface area contributed by atoms with E-state index in [1.54, 1.807) is 18.3 Å². The van der Waals surface area contributed by atoms with Crippen molar-refractivity contribution in [1.82, 2.24) is 5.32 Å². The van der Waals surface area contributed by atoms with Crippen LogP contribution in [0.15, 0.2) is 46.3 Å². The summed E-state index contributed by atoms with van der Waals surface area (Å²) in [5.74, 6) is 0.547. The summed E-state index contributed by atoms with van der Waals surface area (Å²) < 4.78 is 6.46. The van der Waals surface area contributed by atoms with Crippen molar-refractivity contribution in [3.8, 4) is 5.75 Å². The minimum Gasteiger partial charge on any atom is -0.480 e. The molecule has 5 heteroatoms. The van der Waals surface area contributed by atoms with Gasteiger partial charge in [-0.3, -0.25) is 4.79 Å². The van der Waals surface area contributed by atoms with Gasteiger partial charge in [-0.1, -0.05) is 18.2 Å². The zero-order valence-electron chi connectivity index (χ0n) is 10.4. The van der Waals surface area contributed by atoms with Gasteiger partial charge in [-0.25, -0.2) is 0 Å². The SMILES string of the molecule is CC(Oc1ccccc1Br)C(=O)NCc1cccs1. The highest BCUT2D eigenvalue weighted by atomic mass is 79.9. The van der Waals surface area contributed by atoms with Gasteiger partial charge in [0, 0.05) is 4.88 Å². The number of ether oxygens (including phenoxy) is 1. The van der Waals surface area contributed by atoms with Crippen LogP contribution in [-0.2, 0) is 11.3 Å². The summed E-state index contributed by atoms with van der Waals surface area (Å²) in [6, 6.07) is 11.4. The second kappa shape index (κ2) is 6.73. The maximum atomic E-state index is 11.9. The van der Waals surface area contributed by atoms with E-state index in [1.165, 1.54) is 0 Å². The molecule has 0 aliphatic heterocycles. The van der Waals surface area contributed by atoms with Gasteiger partial charge in [-0.05, 0) is 46.4 Å². The monoisotopic (exact) mass is 339 g/mol. The molecule has 1 atom stereocenters. The Labute approximate surface area is 124 Å². The van der Waals surface area contributed by atoms with Crippen molar-refractivity contribution in [3.05, 3.63) is 51.1 Å². The third-order valence-electron chi connectivity index (χ3n) is 2.53. The summed E-state index contributed by atoms with van der Waals surface area (Å²) in [4.78, 5) is 13.0. The van der Waals surface area contributed by atoms with Crippen LogP contribution in [-0.4, -0.2) is 12.0 Å². The lowest BCUT2D eigenvalue weighted by Gasteiger charge is -2.15. The van der Waals surface area contributed by atoms with Crippen molar-refractivity contribution >= 4 is 33.2 Å². The number of para-hydroxylation sites is 1. The van der Waals surface area contributed by atoms with Crippen LogP contribution in [0.4, 0.5) is 0 Å². The summed E-state index contributed by atoms with van der Waals surface area (Å²) in [6.45, 7) is 2.28. The van der Waals surface area contributed by atoms with Gasteiger partial charge in [0.25, 0.3) is 5.91 Å². The first-order valence-electron chi connectivity index (χ1n) is 5.88. The number of rotatable bonds is 5. The molecule has 0 saturated heterocycles. The Hall–Kier alpha value is -1.33. The molecule has 0 spiro atoms. The lowest BCUT2D eigenvalue weighted by Crippen LogP contribution is -2.35. The number of thiophene rings is 1. The lowest BCUT2D eigenvalue weighted by molar-refractivity contribution is -0.127. The van der Waals surface area contributed by atoms with Crippen molar-refractivity contribution in [2.45, 2.75) is 19.6 Å². The molecule has 1 N–H and O–H groups in total. The molecule has 2 aromatic rings. The van der Waals surface area contributed by atoms with Crippen LogP contribution in [0, 0.1) is 0 Å². The van der Waals surface area contributed by atoms with E-state index in [4.69, 9.17) is 4.74 Å². The normalized spacial score (nSPS) is 11.9. The Morgan fingerprint density at radius 2 is 2.16 bits per heavy atom. The van der Waals surface area contributed by atoms with Crippen molar-refractivity contribution in [3.63, 3.8) is 0 Å². The minimum absolute atomic E-state index is 0.121. The zero-order valence-corrected chi connectivity index (χ0v) is 12.8. The lowest BCUT2D eigenvalue weighted by atomic mass is 10.3. The molecule has 0 fully saturated rings. The second-order valence-electron chi connectivity index (χ2n) is 3.99. The molecular weight excluding hydrogens is 326 g/mol. The fraction of sp³-hybridized carbons (Fsp3) is 0.214. The third kappa shape index (κ3) is 4.08. The Morgan fingerprint density at radius 3 is 2.84 bits per heavy atom. The molecule has 1 aromatic carbocycles. The molecule has 1 unspecified atom stereocenters. The molecule has 100 valence electrons. The molecular formula is C14H14BrNO2S. The number of carbonyl (C=O) groups excluding carboxylic acids is 1. The van der Waals surface area contributed by atoms with Gasteiger partial charge in [0.05, 0.1) is 11.0 Å². The Morgan fingerprint density at radius 1 is 1.37 bits per heavy atom. The van der Waals surface area contributed by atoms with Gasteiger partial charge in [0.2, 0.25) is 0 Å². The van der Waals surface area contributed by atoms with Crippen LogP contribution in [0.1, 0.15) is 11.8 Å². The number of halogens is 1. The third-order valence-corrected chi connectivity index (χ3v) is 4.06. The standard InChI is InChI=1S/C14H14BrNO2S/c1-10(18-13-7-3-2-6-12(13)15)14(17)16-9-11-5-4-8-19-11/h2-8,10H,9H2,1H3,(H,16,17). The maximum absolute atomic E-state index is 11.9. The Kier molecular flexibility index (Phi) is 4.99. The molecule has 2 rings (SSSR count). The van der Waals surface area contributed by atoms with Crippen molar-refractivity contribution in [2.24, 2.45) is 0 Å².